The van der Waals surface area contributed by atoms with Crippen molar-refractivity contribution >= 4 is 35.0 Å². The predicted octanol–water partition coefficient (Wildman–Crippen LogP) is 3.02. The molecule has 8 nitrogen and oxygen atoms in total. The quantitative estimate of drug-likeness (QED) is 0.615. The first-order valence-corrected chi connectivity index (χ1v) is 9.89. The van der Waals surface area contributed by atoms with Gasteiger partial charge in [-0.2, -0.15) is 0 Å². The van der Waals surface area contributed by atoms with Gasteiger partial charge in [0.1, 0.15) is 11.5 Å². The van der Waals surface area contributed by atoms with Crippen molar-refractivity contribution in [1.29, 1.82) is 0 Å². The third-order valence-electron chi connectivity index (χ3n) is 4.52. The molecule has 0 saturated carbocycles. The van der Waals surface area contributed by atoms with Gasteiger partial charge in [0.15, 0.2) is 0 Å². The van der Waals surface area contributed by atoms with Crippen LogP contribution >= 0.6 is 11.6 Å². The van der Waals surface area contributed by atoms with Gasteiger partial charge >= 0.3 is 0 Å². The predicted molar refractivity (Wildman–Crippen MR) is 118 cm³/mol. The summed E-state index contributed by atoms with van der Waals surface area (Å²) in [6.45, 7) is 1.21. The summed E-state index contributed by atoms with van der Waals surface area (Å²) < 4.78 is 10.3. The third-order valence-corrected chi connectivity index (χ3v) is 4.75. The number of nitrogens with zero attached hydrogens (tertiary/aromatic N) is 1. The van der Waals surface area contributed by atoms with Crippen molar-refractivity contribution in [3.8, 4) is 11.5 Å². The fraction of sp³-hybridized carbons (Fsp3) is 0.318. The number of anilines is 1. The van der Waals surface area contributed by atoms with Crippen LogP contribution in [0.15, 0.2) is 42.5 Å². The van der Waals surface area contributed by atoms with Crippen molar-refractivity contribution in [1.82, 2.24) is 10.2 Å². The Morgan fingerprint density at radius 2 is 1.74 bits per heavy atom. The van der Waals surface area contributed by atoms with E-state index in [1.807, 2.05) is 0 Å². The monoisotopic (exact) mass is 447 g/mol. The summed E-state index contributed by atoms with van der Waals surface area (Å²) in [5.74, 6) is 0.153. The van der Waals surface area contributed by atoms with Crippen molar-refractivity contribution in [3.63, 3.8) is 0 Å². The molecule has 2 N–H and O–H groups in total. The lowest BCUT2D eigenvalue weighted by atomic mass is 10.0. The van der Waals surface area contributed by atoms with Crippen LogP contribution in [0.25, 0.3) is 0 Å². The highest BCUT2D eigenvalue weighted by Gasteiger charge is 2.21. The minimum absolute atomic E-state index is 0.00379. The van der Waals surface area contributed by atoms with E-state index in [0.717, 1.165) is 5.56 Å². The van der Waals surface area contributed by atoms with E-state index in [0.29, 0.717) is 22.2 Å². The number of halogens is 1. The topological polar surface area (TPSA) is 97.0 Å². The maximum Gasteiger partial charge on any atom is 0.244 e. The van der Waals surface area contributed by atoms with Gasteiger partial charge in [0.25, 0.3) is 0 Å². The Bertz CT molecular complexity index is 933. The number of rotatable bonds is 9. The Morgan fingerprint density at radius 1 is 1.06 bits per heavy atom. The second-order valence-corrected chi connectivity index (χ2v) is 7.31. The average Bonchev–Trinajstić information content (AvgIpc) is 2.73. The van der Waals surface area contributed by atoms with Crippen LogP contribution in [0.3, 0.4) is 0 Å². The second-order valence-electron chi connectivity index (χ2n) is 6.87. The Kier molecular flexibility index (Phi) is 8.69. The Balaban J connectivity index is 2.03. The largest absolute Gasteiger partial charge is 0.497 e. The van der Waals surface area contributed by atoms with E-state index in [-0.39, 0.29) is 24.8 Å². The summed E-state index contributed by atoms with van der Waals surface area (Å²) in [6, 6.07) is 11.4. The smallest absolute Gasteiger partial charge is 0.244 e. The lowest BCUT2D eigenvalue weighted by Gasteiger charge is -2.22. The Morgan fingerprint density at radius 3 is 2.32 bits per heavy atom. The SMILES string of the molecule is COc1ccc(C(CC(=O)N(C)CC(=O)Nc2cc(Cl)ccc2OC)NC(C)=O)cc1. The van der Waals surface area contributed by atoms with E-state index in [4.69, 9.17) is 21.1 Å². The van der Waals surface area contributed by atoms with E-state index in [9.17, 15) is 14.4 Å². The average molecular weight is 448 g/mol. The molecule has 0 spiro atoms. The van der Waals surface area contributed by atoms with Crippen LogP contribution in [0, 0.1) is 0 Å². The summed E-state index contributed by atoms with van der Waals surface area (Å²) in [5, 5.41) is 5.91. The van der Waals surface area contributed by atoms with E-state index >= 15 is 0 Å². The van der Waals surface area contributed by atoms with Crippen molar-refractivity contribution < 1.29 is 23.9 Å². The van der Waals surface area contributed by atoms with Crippen LogP contribution in [-0.2, 0) is 14.4 Å². The molecule has 0 aliphatic heterocycles. The number of nitrogens with one attached hydrogen (secondary N) is 2. The van der Waals surface area contributed by atoms with Gasteiger partial charge in [-0.3, -0.25) is 14.4 Å². The van der Waals surface area contributed by atoms with Gasteiger partial charge < -0.3 is 25.0 Å². The van der Waals surface area contributed by atoms with Crippen LogP contribution in [0.2, 0.25) is 5.02 Å². The zero-order chi connectivity index (χ0) is 23.0. The second kappa shape index (κ2) is 11.2. The molecule has 0 fully saturated rings. The van der Waals surface area contributed by atoms with Gasteiger partial charge in [-0.25, -0.2) is 0 Å². The van der Waals surface area contributed by atoms with Crippen molar-refractivity contribution in [2.45, 2.75) is 19.4 Å². The first kappa shape index (κ1) is 24.0. The van der Waals surface area contributed by atoms with Crippen LogP contribution in [0.4, 0.5) is 5.69 Å². The van der Waals surface area contributed by atoms with E-state index in [1.165, 1.54) is 26.0 Å². The maximum absolute atomic E-state index is 12.7. The highest BCUT2D eigenvalue weighted by Crippen LogP contribution is 2.27. The van der Waals surface area contributed by atoms with Gasteiger partial charge in [-0.15, -0.1) is 0 Å². The Labute approximate surface area is 186 Å². The summed E-state index contributed by atoms with van der Waals surface area (Å²) in [5.41, 5.74) is 1.17. The third kappa shape index (κ3) is 7.18. The summed E-state index contributed by atoms with van der Waals surface area (Å²) >= 11 is 5.98. The fourth-order valence-electron chi connectivity index (χ4n) is 2.94. The van der Waals surface area contributed by atoms with Gasteiger partial charge in [-0.05, 0) is 35.9 Å². The first-order valence-electron chi connectivity index (χ1n) is 9.52. The molecule has 1 unspecified atom stereocenters. The van der Waals surface area contributed by atoms with Gasteiger partial charge in [0, 0.05) is 19.0 Å². The normalized spacial score (nSPS) is 11.3. The highest BCUT2D eigenvalue weighted by atomic mass is 35.5. The van der Waals surface area contributed by atoms with E-state index in [2.05, 4.69) is 10.6 Å². The highest BCUT2D eigenvalue weighted by molar-refractivity contribution is 6.31. The molecular formula is C22H26ClN3O5. The molecule has 0 heterocycles. The molecule has 166 valence electrons. The minimum atomic E-state index is -0.533. The molecular weight excluding hydrogens is 422 g/mol. The van der Waals surface area contributed by atoms with Crippen LogP contribution in [0.5, 0.6) is 11.5 Å². The number of hydrogen-bond acceptors (Lipinski definition) is 5. The van der Waals surface area contributed by atoms with E-state index in [1.54, 1.807) is 49.6 Å². The molecule has 2 rings (SSSR count). The summed E-state index contributed by atoms with van der Waals surface area (Å²) in [7, 11) is 4.56. The summed E-state index contributed by atoms with van der Waals surface area (Å²) in [4.78, 5) is 38.1. The maximum atomic E-state index is 12.7. The number of amides is 3. The molecule has 0 aliphatic carbocycles. The number of carbonyl (C=O) groups excluding carboxylic acids is 3. The molecule has 1 atom stereocenters. The lowest BCUT2D eigenvalue weighted by molar-refractivity contribution is -0.134. The molecule has 0 bridgehead atoms. The number of benzene rings is 2. The molecule has 9 heteroatoms. The molecule has 2 aromatic rings. The van der Waals surface area contributed by atoms with Crippen LogP contribution in [-0.4, -0.2) is 50.4 Å². The molecule has 2 aromatic carbocycles. The lowest BCUT2D eigenvalue weighted by Crippen LogP contribution is -2.38. The number of likely N-dealkylation sites (N-methyl/N-ethyl adjacent to an activating group) is 1. The molecule has 0 aliphatic rings. The van der Waals surface area contributed by atoms with Crippen molar-refractivity contribution in [2.24, 2.45) is 0 Å². The fourth-order valence-corrected chi connectivity index (χ4v) is 3.11. The zero-order valence-corrected chi connectivity index (χ0v) is 18.7. The number of ether oxygens (including phenoxy) is 2. The molecule has 0 saturated heterocycles. The first-order chi connectivity index (χ1) is 14.7. The van der Waals surface area contributed by atoms with Gasteiger partial charge in [0.05, 0.1) is 38.9 Å². The molecule has 0 radical (unpaired) electrons. The molecule has 31 heavy (non-hydrogen) atoms. The number of methoxy groups -OCH3 is 2. The minimum Gasteiger partial charge on any atom is -0.497 e. The Hall–Kier alpha value is -3.26. The molecule has 3 amide bonds. The van der Waals surface area contributed by atoms with Crippen LogP contribution in [0.1, 0.15) is 24.9 Å². The van der Waals surface area contributed by atoms with Gasteiger partial charge in [0.2, 0.25) is 17.7 Å². The molecule has 0 aromatic heterocycles. The number of carbonyl (C=O) groups is 3. The number of hydrogen-bond donors (Lipinski definition) is 2. The van der Waals surface area contributed by atoms with Crippen molar-refractivity contribution in [3.05, 3.63) is 53.1 Å². The zero-order valence-electron chi connectivity index (χ0n) is 17.9. The van der Waals surface area contributed by atoms with Crippen LogP contribution < -0.4 is 20.1 Å². The van der Waals surface area contributed by atoms with Crippen molar-refractivity contribution in [2.75, 3.05) is 33.1 Å². The standard InChI is InChI=1S/C22H26ClN3O5/c1-14(27)24-18(15-5-8-17(30-3)9-6-15)12-22(29)26(2)13-21(28)25-19-11-16(23)7-10-20(19)31-4/h5-11,18H,12-13H2,1-4H3,(H,24,27)(H,25,28). The summed E-state index contributed by atoms with van der Waals surface area (Å²) in [6.07, 6.45) is -0.00379. The van der Waals surface area contributed by atoms with Gasteiger partial charge in [-0.1, -0.05) is 23.7 Å². The van der Waals surface area contributed by atoms with E-state index < -0.39 is 11.9 Å².